The number of benzene rings is 1. The molecule has 0 saturated heterocycles. The van der Waals surface area contributed by atoms with Gasteiger partial charge in [0.05, 0.1) is 23.5 Å². The highest BCUT2D eigenvalue weighted by molar-refractivity contribution is 6.03. The van der Waals surface area contributed by atoms with Crippen molar-refractivity contribution in [3.63, 3.8) is 0 Å². The molecule has 1 aliphatic heterocycles. The van der Waals surface area contributed by atoms with E-state index in [9.17, 15) is 18.0 Å². The van der Waals surface area contributed by atoms with Crippen molar-refractivity contribution in [1.29, 1.82) is 0 Å². The molecule has 1 fully saturated rings. The molecule has 1 N–H and O–H groups in total. The highest BCUT2D eigenvalue weighted by Gasteiger charge is 2.38. The third-order valence-electron chi connectivity index (χ3n) is 3.19. The van der Waals surface area contributed by atoms with E-state index < -0.39 is 11.7 Å². The van der Waals surface area contributed by atoms with E-state index in [4.69, 9.17) is 0 Å². The SMILES string of the molecule is O=C1CNc2cc(C(F)(F)F)ccc2N1C1CC1. The number of nitrogens with one attached hydrogen (secondary N) is 1. The van der Waals surface area contributed by atoms with E-state index in [1.807, 2.05) is 0 Å². The number of halogens is 3. The monoisotopic (exact) mass is 256 g/mol. The van der Waals surface area contributed by atoms with Crippen LogP contribution in [-0.2, 0) is 11.0 Å². The van der Waals surface area contributed by atoms with E-state index in [1.165, 1.54) is 6.07 Å². The molecule has 1 aromatic rings. The maximum Gasteiger partial charge on any atom is 0.416 e. The number of carbonyl (C=O) groups excluding carboxylic acids is 1. The Bertz CT molecular complexity index is 509. The van der Waals surface area contributed by atoms with Gasteiger partial charge in [0.25, 0.3) is 0 Å². The minimum atomic E-state index is -4.36. The number of alkyl halides is 3. The molecule has 1 aliphatic carbocycles. The molecule has 0 atom stereocenters. The summed E-state index contributed by atoms with van der Waals surface area (Å²) in [5.41, 5.74) is 0.247. The third kappa shape index (κ3) is 1.81. The van der Waals surface area contributed by atoms with Gasteiger partial charge in [0, 0.05) is 6.04 Å². The van der Waals surface area contributed by atoms with Crippen molar-refractivity contribution in [2.24, 2.45) is 0 Å². The molecule has 1 aromatic carbocycles. The second-order valence-electron chi connectivity index (χ2n) is 4.58. The minimum Gasteiger partial charge on any atom is -0.374 e. The topological polar surface area (TPSA) is 32.3 Å². The fourth-order valence-electron chi connectivity index (χ4n) is 2.19. The van der Waals surface area contributed by atoms with Crippen LogP contribution in [0.25, 0.3) is 0 Å². The molecule has 0 bridgehead atoms. The first-order valence-electron chi connectivity index (χ1n) is 5.74. The standard InChI is InChI=1S/C12H11F3N2O/c13-12(14,15)7-1-4-10-9(5-7)16-6-11(18)17(10)8-2-3-8/h1,4-5,8,16H,2-3,6H2. The fraction of sp³-hybridized carbons (Fsp3) is 0.417. The van der Waals surface area contributed by atoms with Crippen LogP contribution in [0.3, 0.4) is 0 Å². The van der Waals surface area contributed by atoms with Gasteiger partial charge in [0.2, 0.25) is 5.91 Å². The Morgan fingerprint density at radius 2 is 2.00 bits per heavy atom. The lowest BCUT2D eigenvalue weighted by Gasteiger charge is -2.30. The first-order chi connectivity index (χ1) is 8.47. The summed E-state index contributed by atoms with van der Waals surface area (Å²) in [7, 11) is 0. The van der Waals surface area contributed by atoms with Crippen LogP contribution in [0.15, 0.2) is 18.2 Å². The van der Waals surface area contributed by atoms with E-state index in [1.54, 1.807) is 4.90 Å². The zero-order valence-corrected chi connectivity index (χ0v) is 9.42. The lowest BCUT2D eigenvalue weighted by Crippen LogP contribution is -2.41. The van der Waals surface area contributed by atoms with Gasteiger partial charge < -0.3 is 10.2 Å². The smallest absolute Gasteiger partial charge is 0.374 e. The molecule has 1 heterocycles. The summed E-state index contributed by atoms with van der Waals surface area (Å²) < 4.78 is 37.8. The van der Waals surface area contributed by atoms with Crippen LogP contribution < -0.4 is 10.2 Å². The van der Waals surface area contributed by atoms with Gasteiger partial charge in [-0.3, -0.25) is 4.79 Å². The normalized spacial score (nSPS) is 19.5. The van der Waals surface area contributed by atoms with Crippen molar-refractivity contribution in [2.45, 2.75) is 25.1 Å². The summed E-state index contributed by atoms with van der Waals surface area (Å²) in [5.74, 6) is -0.0789. The van der Waals surface area contributed by atoms with Crippen LogP contribution in [0.2, 0.25) is 0 Å². The molecule has 1 saturated carbocycles. The van der Waals surface area contributed by atoms with Gasteiger partial charge in [-0.2, -0.15) is 13.2 Å². The molecule has 3 rings (SSSR count). The zero-order chi connectivity index (χ0) is 12.9. The van der Waals surface area contributed by atoms with Crippen LogP contribution in [-0.4, -0.2) is 18.5 Å². The first-order valence-corrected chi connectivity index (χ1v) is 5.74. The number of anilines is 2. The van der Waals surface area contributed by atoms with Crippen molar-refractivity contribution >= 4 is 17.3 Å². The number of hydrogen-bond acceptors (Lipinski definition) is 2. The predicted octanol–water partition coefficient (Wildman–Crippen LogP) is 2.63. The Balaban J connectivity index is 2.02. The molecule has 0 aromatic heterocycles. The maximum atomic E-state index is 12.6. The summed E-state index contributed by atoms with van der Waals surface area (Å²) in [6.45, 7) is 0.0603. The summed E-state index contributed by atoms with van der Waals surface area (Å²) in [6, 6.07) is 3.63. The quantitative estimate of drug-likeness (QED) is 0.837. The van der Waals surface area contributed by atoms with Crippen molar-refractivity contribution < 1.29 is 18.0 Å². The molecular weight excluding hydrogens is 245 g/mol. The average Bonchev–Trinajstić information content (AvgIpc) is 3.11. The van der Waals surface area contributed by atoms with E-state index in [2.05, 4.69) is 5.32 Å². The van der Waals surface area contributed by atoms with Gasteiger partial charge in [-0.1, -0.05) is 0 Å². The van der Waals surface area contributed by atoms with Gasteiger partial charge >= 0.3 is 6.18 Å². The number of amides is 1. The van der Waals surface area contributed by atoms with E-state index in [0.717, 1.165) is 25.0 Å². The molecule has 96 valence electrons. The molecule has 0 spiro atoms. The molecule has 1 amide bonds. The van der Waals surface area contributed by atoms with Crippen LogP contribution in [0, 0.1) is 0 Å². The van der Waals surface area contributed by atoms with E-state index in [0.29, 0.717) is 11.4 Å². The Labute approximate surface area is 102 Å². The van der Waals surface area contributed by atoms with Crippen molar-refractivity contribution in [3.05, 3.63) is 23.8 Å². The third-order valence-corrected chi connectivity index (χ3v) is 3.19. The maximum absolute atomic E-state index is 12.6. The summed E-state index contributed by atoms with van der Waals surface area (Å²) >= 11 is 0. The number of carbonyl (C=O) groups is 1. The molecule has 18 heavy (non-hydrogen) atoms. The largest absolute Gasteiger partial charge is 0.416 e. The van der Waals surface area contributed by atoms with Gasteiger partial charge in [-0.05, 0) is 31.0 Å². The average molecular weight is 256 g/mol. The van der Waals surface area contributed by atoms with Crippen LogP contribution in [0.4, 0.5) is 24.5 Å². The second-order valence-corrected chi connectivity index (χ2v) is 4.58. The van der Waals surface area contributed by atoms with Crippen molar-refractivity contribution in [1.82, 2.24) is 0 Å². The van der Waals surface area contributed by atoms with Gasteiger partial charge in [-0.25, -0.2) is 0 Å². The van der Waals surface area contributed by atoms with Crippen LogP contribution in [0.1, 0.15) is 18.4 Å². The fourth-order valence-corrected chi connectivity index (χ4v) is 2.19. The van der Waals surface area contributed by atoms with E-state index >= 15 is 0 Å². The summed E-state index contributed by atoms with van der Waals surface area (Å²) in [5, 5.41) is 2.75. The van der Waals surface area contributed by atoms with Crippen LogP contribution >= 0.6 is 0 Å². The van der Waals surface area contributed by atoms with Gasteiger partial charge in [0.1, 0.15) is 0 Å². The molecule has 0 radical (unpaired) electrons. The number of rotatable bonds is 1. The highest BCUT2D eigenvalue weighted by atomic mass is 19.4. The van der Waals surface area contributed by atoms with Gasteiger partial charge in [-0.15, -0.1) is 0 Å². The molecule has 6 heteroatoms. The molecule has 0 unspecified atom stereocenters. The summed E-state index contributed by atoms with van der Waals surface area (Å²) in [6.07, 6.45) is -2.51. The lowest BCUT2D eigenvalue weighted by atomic mass is 10.1. The minimum absolute atomic E-state index is 0.0603. The Hall–Kier alpha value is -1.72. The Kier molecular flexibility index (Phi) is 2.30. The number of fused-ring (bicyclic) bond motifs is 1. The molecule has 3 nitrogen and oxygen atoms in total. The molecule has 2 aliphatic rings. The summed E-state index contributed by atoms with van der Waals surface area (Å²) in [4.78, 5) is 13.4. The van der Waals surface area contributed by atoms with Crippen LogP contribution in [0.5, 0.6) is 0 Å². The Morgan fingerprint density at radius 1 is 1.28 bits per heavy atom. The van der Waals surface area contributed by atoms with Gasteiger partial charge in [0.15, 0.2) is 0 Å². The number of nitrogens with zero attached hydrogens (tertiary/aromatic N) is 1. The van der Waals surface area contributed by atoms with Crippen molar-refractivity contribution in [2.75, 3.05) is 16.8 Å². The molecular formula is C12H11F3N2O. The zero-order valence-electron chi connectivity index (χ0n) is 9.42. The lowest BCUT2D eigenvalue weighted by molar-refractivity contribution is -0.137. The first kappa shape index (κ1) is 11.4. The Morgan fingerprint density at radius 3 is 2.61 bits per heavy atom. The number of hydrogen-bond donors (Lipinski definition) is 1. The van der Waals surface area contributed by atoms with Crippen molar-refractivity contribution in [3.8, 4) is 0 Å². The van der Waals surface area contributed by atoms with E-state index in [-0.39, 0.29) is 18.5 Å². The predicted molar refractivity (Wildman–Crippen MR) is 60.4 cm³/mol. The second kappa shape index (κ2) is 3.63. The highest BCUT2D eigenvalue weighted by Crippen LogP contribution is 2.41.